The van der Waals surface area contributed by atoms with Gasteiger partial charge in [0, 0.05) is 4.47 Å². The molecule has 15 heavy (non-hydrogen) atoms. The first-order valence-corrected chi connectivity index (χ1v) is 5.58. The smallest absolute Gasteiger partial charge is 0.0959 e. The summed E-state index contributed by atoms with van der Waals surface area (Å²) < 4.78 is 2.98. The number of fused-ring (bicyclic) bond motifs is 1. The van der Waals surface area contributed by atoms with Crippen molar-refractivity contribution in [3.63, 3.8) is 0 Å². The molecule has 1 heterocycles. The number of aromatic nitrogens is 2. The lowest BCUT2D eigenvalue weighted by Gasteiger charge is -2.18. The number of nitrogens with zero attached hydrogens (tertiary/aromatic N) is 2. The lowest BCUT2D eigenvalue weighted by molar-refractivity contribution is 0.0626. The average molecular weight is 269 g/mol. The van der Waals surface area contributed by atoms with E-state index in [1.165, 1.54) is 0 Å². The number of hydrogen-bond donors (Lipinski definition) is 1. The molecule has 0 spiro atoms. The van der Waals surface area contributed by atoms with Crippen LogP contribution in [0.15, 0.2) is 29.0 Å². The maximum atomic E-state index is 9.76. The second kappa shape index (κ2) is 3.61. The van der Waals surface area contributed by atoms with Gasteiger partial charge >= 0.3 is 0 Å². The largest absolute Gasteiger partial charge is 0.389 e. The maximum Gasteiger partial charge on any atom is 0.0959 e. The van der Waals surface area contributed by atoms with Crippen molar-refractivity contribution >= 4 is 27.0 Å². The zero-order chi connectivity index (χ0) is 11.1. The van der Waals surface area contributed by atoms with Crippen LogP contribution in [0.1, 0.15) is 13.8 Å². The Balaban J connectivity index is 2.48. The zero-order valence-electron chi connectivity index (χ0n) is 8.74. The molecule has 0 radical (unpaired) electrons. The number of hydrogen-bond acceptors (Lipinski definition) is 2. The highest BCUT2D eigenvalue weighted by molar-refractivity contribution is 9.10. The number of aliphatic hydroxyl groups is 1. The first-order valence-electron chi connectivity index (χ1n) is 4.78. The van der Waals surface area contributed by atoms with Gasteiger partial charge < -0.3 is 9.67 Å². The second-order valence-corrected chi connectivity index (χ2v) is 5.23. The van der Waals surface area contributed by atoms with Crippen LogP contribution in [0.3, 0.4) is 0 Å². The molecular weight excluding hydrogens is 256 g/mol. The molecule has 4 heteroatoms. The summed E-state index contributed by atoms with van der Waals surface area (Å²) in [4.78, 5) is 4.27. The molecule has 2 aromatic rings. The normalized spacial score (nSPS) is 12.3. The van der Waals surface area contributed by atoms with E-state index in [0.29, 0.717) is 6.54 Å². The number of rotatable bonds is 2. The van der Waals surface area contributed by atoms with E-state index in [1.807, 2.05) is 22.8 Å². The fraction of sp³-hybridized carbons (Fsp3) is 0.364. The third-order valence-corrected chi connectivity index (χ3v) is 2.63. The SMILES string of the molecule is CC(C)(O)Cn1cnc2ccc(Br)cc21. The molecule has 80 valence electrons. The Bertz CT molecular complexity index is 485. The summed E-state index contributed by atoms with van der Waals surface area (Å²) in [5.74, 6) is 0. The summed E-state index contributed by atoms with van der Waals surface area (Å²) in [7, 11) is 0. The molecular formula is C11H13BrN2O. The van der Waals surface area contributed by atoms with Crippen LogP contribution in [0.5, 0.6) is 0 Å². The van der Waals surface area contributed by atoms with Gasteiger partial charge in [-0.2, -0.15) is 0 Å². The van der Waals surface area contributed by atoms with E-state index >= 15 is 0 Å². The molecule has 0 aliphatic heterocycles. The second-order valence-electron chi connectivity index (χ2n) is 4.32. The van der Waals surface area contributed by atoms with Gasteiger partial charge in [0.05, 0.1) is 29.5 Å². The topological polar surface area (TPSA) is 38.0 Å². The van der Waals surface area contributed by atoms with Crippen LogP contribution in [-0.2, 0) is 6.54 Å². The Morgan fingerprint density at radius 3 is 2.87 bits per heavy atom. The Morgan fingerprint density at radius 1 is 1.47 bits per heavy atom. The molecule has 0 fully saturated rings. The number of halogens is 1. The van der Waals surface area contributed by atoms with Crippen LogP contribution in [-0.4, -0.2) is 20.3 Å². The Morgan fingerprint density at radius 2 is 2.20 bits per heavy atom. The van der Waals surface area contributed by atoms with E-state index in [-0.39, 0.29) is 0 Å². The summed E-state index contributed by atoms with van der Waals surface area (Å²) in [6, 6.07) is 5.93. The summed E-state index contributed by atoms with van der Waals surface area (Å²) >= 11 is 3.43. The highest BCUT2D eigenvalue weighted by atomic mass is 79.9. The minimum Gasteiger partial charge on any atom is -0.389 e. The minimum absolute atomic E-state index is 0.542. The number of imidazole rings is 1. The fourth-order valence-corrected chi connectivity index (χ4v) is 1.92. The number of benzene rings is 1. The van der Waals surface area contributed by atoms with Crippen LogP contribution in [0.2, 0.25) is 0 Å². The summed E-state index contributed by atoms with van der Waals surface area (Å²) in [6.07, 6.45) is 1.76. The Labute approximate surface area is 96.9 Å². The van der Waals surface area contributed by atoms with Gasteiger partial charge in [0.2, 0.25) is 0 Å². The van der Waals surface area contributed by atoms with E-state index in [4.69, 9.17) is 0 Å². The van der Waals surface area contributed by atoms with Gasteiger partial charge in [0.1, 0.15) is 0 Å². The highest BCUT2D eigenvalue weighted by Crippen LogP contribution is 2.20. The molecule has 0 aliphatic rings. The van der Waals surface area contributed by atoms with Crippen molar-refractivity contribution in [2.45, 2.75) is 26.0 Å². The van der Waals surface area contributed by atoms with Gasteiger partial charge in [-0.15, -0.1) is 0 Å². The van der Waals surface area contributed by atoms with Gasteiger partial charge in [-0.3, -0.25) is 0 Å². The monoisotopic (exact) mass is 268 g/mol. The van der Waals surface area contributed by atoms with Crippen LogP contribution in [0.25, 0.3) is 11.0 Å². The molecule has 2 rings (SSSR count). The predicted molar refractivity (Wildman–Crippen MR) is 63.7 cm³/mol. The van der Waals surface area contributed by atoms with E-state index in [0.717, 1.165) is 15.5 Å². The maximum absolute atomic E-state index is 9.76. The van der Waals surface area contributed by atoms with Crippen molar-refractivity contribution in [2.75, 3.05) is 0 Å². The van der Waals surface area contributed by atoms with Gasteiger partial charge in [-0.1, -0.05) is 15.9 Å². The van der Waals surface area contributed by atoms with Gasteiger partial charge in [0.25, 0.3) is 0 Å². The molecule has 1 N–H and O–H groups in total. The van der Waals surface area contributed by atoms with Crippen LogP contribution in [0.4, 0.5) is 0 Å². The van der Waals surface area contributed by atoms with Gasteiger partial charge in [0.15, 0.2) is 0 Å². The van der Waals surface area contributed by atoms with Crippen LogP contribution >= 0.6 is 15.9 Å². The van der Waals surface area contributed by atoms with Crippen LogP contribution < -0.4 is 0 Å². The Hall–Kier alpha value is -0.870. The van der Waals surface area contributed by atoms with Gasteiger partial charge in [-0.25, -0.2) is 4.98 Å². The first kappa shape index (κ1) is 10.6. The average Bonchev–Trinajstić information content (AvgIpc) is 2.46. The molecule has 0 unspecified atom stereocenters. The molecule has 0 aliphatic carbocycles. The molecule has 0 atom stereocenters. The molecule has 0 amide bonds. The Kier molecular flexibility index (Phi) is 2.56. The van der Waals surface area contributed by atoms with Crippen molar-refractivity contribution in [3.05, 3.63) is 29.0 Å². The van der Waals surface area contributed by atoms with E-state index in [9.17, 15) is 5.11 Å². The third kappa shape index (κ3) is 2.38. The molecule has 1 aromatic carbocycles. The van der Waals surface area contributed by atoms with Gasteiger partial charge in [-0.05, 0) is 32.0 Å². The molecule has 0 bridgehead atoms. The molecule has 0 saturated carbocycles. The standard InChI is InChI=1S/C11H13BrN2O/c1-11(2,15)6-14-7-13-9-4-3-8(12)5-10(9)14/h3-5,7,15H,6H2,1-2H3. The molecule has 0 saturated heterocycles. The van der Waals surface area contributed by atoms with Crippen molar-refractivity contribution in [1.82, 2.24) is 9.55 Å². The molecule has 1 aromatic heterocycles. The fourth-order valence-electron chi connectivity index (χ4n) is 1.57. The summed E-state index contributed by atoms with van der Waals surface area (Å²) in [5, 5.41) is 9.76. The van der Waals surface area contributed by atoms with Crippen molar-refractivity contribution in [3.8, 4) is 0 Å². The highest BCUT2D eigenvalue weighted by Gasteiger charge is 2.15. The third-order valence-electron chi connectivity index (χ3n) is 2.14. The van der Waals surface area contributed by atoms with Crippen LogP contribution in [0, 0.1) is 0 Å². The first-order chi connectivity index (χ1) is 6.96. The van der Waals surface area contributed by atoms with Crippen molar-refractivity contribution < 1.29 is 5.11 Å². The lowest BCUT2D eigenvalue weighted by atomic mass is 10.1. The van der Waals surface area contributed by atoms with Crippen molar-refractivity contribution in [2.24, 2.45) is 0 Å². The van der Waals surface area contributed by atoms with E-state index < -0.39 is 5.60 Å². The van der Waals surface area contributed by atoms with Crippen molar-refractivity contribution in [1.29, 1.82) is 0 Å². The molecule has 3 nitrogen and oxygen atoms in total. The lowest BCUT2D eigenvalue weighted by Crippen LogP contribution is -2.25. The summed E-state index contributed by atoms with van der Waals surface area (Å²) in [5.41, 5.74) is 1.25. The van der Waals surface area contributed by atoms with E-state index in [2.05, 4.69) is 20.9 Å². The zero-order valence-corrected chi connectivity index (χ0v) is 10.3. The quantitative estimate of drug-likeness (QED) is 0.909. The van der Waals surface area contributed by atoms with E-state index in [1.54, 1.807) is 20.2 Å². The minimum atomic E-state index is -0.726. The predicted octanol–water partition coefficient (Wildman–Crippen LogP) is 2.57. The summed E-state index contributed by atoms with van der Waals surface area (Å²) in [6.45, 7) is 4.12.